The van der Waals surface area contributed by atoms with Crippen molar-refractivity contribution in [3.8, 4) is 0 Å². The molecule has 0 aliphatic heterocycles. The third-order valence-electron chi connectivity index (χ3n) is 5.43. The Kier molecular flexibility index (Phi) is 14.1. The quantitative estimate of drug-likeness (QED) is 0.212. The molecule has 0 bridgehead atoms. The Hall–Kier alpha value is 0.0649. The zero-order valence-electron chi connectivity index (χ0n) is 15.2. The van der Waals surface area contributed by atoms with Gasteiger partial charge in [-0.2, -0.15) is 25.3 Å². The molecule has 0 rings (SSSR count). The molecule has 0 aliphatic rings. The Labute approximate surface area is 130 Å². The summed E-state index contributed by atoms with van der Waals surface area (Å²) in [4.78, 5) is 0. The first-order valence-corrected chi connectivity index (χ1v) is 9.96. The third kappa shape index (κ3) is 9.89. The highest BCUT2D eigenvalue weighted by Gasteiger charge is 2.22. The molecule has 20 heavy (non-hydrogen) atoms. The van der Waals surface area contributed by atoms with Crippen molar-refractivity contribution in [2.24, 2.45) is 0 Å². The minimum absolute atomic E-state index is 0.0306. The van der Waals surface area contributed by atoms with Gasteiger partial charge in [-0.1, -0.05) is 98.3 Å². The van der Waals surface area contributed by atoms with Crippen molar-refractivity contribution in [1.82, 2.24) is 0 Å². The van der Waals surface area contributed by atoms with Crippen molar-refractivity contribution in [3.63, 3.8) is 0 Å². The van der Waals surface area contributed by atoms with Crippen LogP contribution in [0.4, 0.5) is 0 Å². The molecule has 0 N–H and O–H groups in total. The first kappa shape index (κ1) is 20.1. The smallest absolute Gasteiger partial charge is 0.000747 e. The first-order valence-electron chi connectivity index (χ1n) is 9.96. The zero-order valence-corrected chi connectivity index (χ0v) is 15.2. The number of rotatable bonds is 15. The predicted octanol–water partition coefficient (Wildman–Crippen LogP) is 7.81. The van der Waals surface area contributed by atoms with Gasteiger partial charge in [-0.3, -0.25) is 0 Å². The van der Waals surface area contributed by atoms with Gasteiger partial charge < -0.3 is 0 Å². The van der Waals surface area contributed by atoms with E-state index in [1.807, 2.05) is 0 Å². The molecule has 0 radical (unpaired) electrons. The van der Waals surface area contributed by atoms with E-state index in [2.05, 4.69) is 27.7 Å². The summed E-state index contributed by atoms with van der Waals surface area (Å²) in [6, 6.07) is 0. The highest BCUT2D eigenvalue weighted by Crippen LogP contribution is 2.34. The van der Waals surface area contributed by atoms with Crippen molar-refractivity contribution in [3.05, 3.63) is 0 Å². The average Bonchev–Trinajstić information content (AvgIpc) is 2.46. The molecule has 0 aromatic rings. The Morgan fingerprint density at radius 1 is 0.400 bits per heavy atom. The lowest BCUT2D eigenvalue weighted by molar-refractivity contribution is 0.703. The molecule has 0 spiro atoms. The van der Waals surface area contributed by atoms with E-state index in [0.717, 1.165) is 0 Å². The lowest BCUT2D eigenvalue weighted by Gasteiger charge is -2.40. The van der Waals surface area contributed by atoms with E-state index in [0.29, 0.717) is 0 Å². The summed E-state index contributed by atoms with van der Waals surface area (Å²) in [7, 11) is 0. The van der Waals surface area contributed by atoms with Gasteiger partial charge in [-0.05, 0) is 0 Å². The zero-order chi connectivity index (χ0) is 15.1. The number of hydrogen-bond donors (Lipinski definition) is 0. The SMILES string of the molecule is CCCCC[B-](CCCC)(CCCCC)CCCCC. The second-order valence-corrected chi connectivity index (χ2v) is 7.36. The summed E-state index contributed by atoms with van der Waals surface area (Å²) in [5.74, 6) is 0. The second kappa shape index (κ2) is 14.0. The third-order valence-corrected chi connectivity index (χ3v) is 5.43. The topological polar surface area (TPSA) is 0 Å². The van der Waals surface area contributed by atoms with E-state index >= 15 is 0 Å². The fraction of sp³-hybridized carbons (Fsp3) is 1.00. The molecule has 0 fully saturated rings. The summed E-state index contributed by atoms with van der Waals surface area (Å²) in [5, 5.41) is 0. The Bertz CT molecular complexity index is 162. The normalized spacial score (nSPS) is 12.0. The van der Waals surface area contributed by atoms with Crippen LogP contribution in [0.5, 0.6) is 0 Å². The van der Waals surface area contributed by atoms with Gasteiger partial charge in [0.05, 0.1) is 0 Å². The monoisotopic (exact) mass is 281 g/mol. The fourth-order valence-corrected chi connectivity index (χ4v) is 3.99. The highest BCUT2D eigenvalue weighted by atomic mass is 14.0. The van der Waals surface area contributed by atoms with Crippen LogP contribution >= 0.6 is 0 Å². The lowest BCUT2D eigenvalue weighted by atomic mass is 9.17. The molecule has 0 aliphatic carbocycles. The van der Waals surface area contributed by atoms with Crippen LogP contribution in [0.3, 0.4) is 0 Å². The molecule has 1 heteroatoms. The number of hydrogen-bond acceptors (Lipinski definition) is 0. The molecule has 0 nitrogen and oxygen atoms in total. The van der Waals surface area contributed by atoms with Crippen LogP contribution in [0.1, 0.15) is 98.3 Å². The van der Waals surface area contributed by atoms with E-state index in [4.69, 9.17) is 0 Å². The van der Waals surface area contributed by atoms with Crippen LogP contribution < -0.4 is 0 Å². The predicted molar refractivity (Wildman–Crippen MR) is 98.5 cm³/mol. The molecule has 0 saturated heterocycles. The maximum Gasteiger partial charge on any atom is 0.000747 e. The molecular formula is C19H42B-. The Morgan fingerprint density at radius 3 is 1.00 bits per heavy atom. The number of unbranched alkanes of at least 4 members (excludes halogenated alkanes) is 7. The Morgan fingerprint density at radius 2 is 0.700 bits per heavy atom. The molecule has 0 atom stereocenters. The van der Waals surface area contributed by atoms with Crippen LogP contribution in [-0.4, -0.2) is 6.15 Å². The van der Waals surface area contributed by atoms with E-state index in [9.17, 15) is 0 Å². The largest absolute Gasteiger partial charge is 0.178 e. The van der Waals surface area contributed by atoms with E-state index in [-0.39, 0.29) is 6.15 Å². The average molecular weight is 281 g/mol. The molecule has 0 amide bonds. The lowest BCUT2D eigenvalue weighted by Crippen LogP contribution is -2.33. The fourth-order valence-electron chi connectivity index (χ4n) is 3.99. The van der Waals surface area contributed by atoms with Gasteiger partial charge in [0.2, 0.25) is 0 Å². The highest BCUT2D eigenvalue weighted by molar-refractivity contribution is 6.79. The van der Waals surface area contributed by atoms with Crippen LogP contribution in [0.25, 0.3) is 0 Å². The second-order valence-electron chi connectivity index (χ2n) is 7.36. The van der Waals surface area contributed by atoms with Crippen molar-refractivity contribution < 1.29 is 0 Å². The molecule has 0 aromatic carbocycles. The van der Waals surface area contributed by atoms with Crippen molar-refractivity contribution in [2.45, 2.75) is 124 Å². The molecule has 0 heterocycles. The van der Waals surface area contributed by atoms with Gasteiger partial charge in [0, 0.05) is 6.15 Å². The van der Waals surface area contributed by atoms with Gasteiger partial charge in [-0.15, -0.1) is 0 Å². The van der Waals surface area contributed by atoms with E-state index in [1.165, 1.54) is 70.6 Å². The standard InChI is InChI=1S/C19H42B/c1-5-9-13-17-20(16-12-8-4,18-14-10-6-2)19-15-11-7-3/h5-19H2,1-4H3/q-1. The Balaban J connectivity index is 4.48. The molecular weight excluding hydrogens is 239 g/mol. The van der Waals surface area contributed by atoms with Crippen molar-refractivity contribution in [2.75, 3.05) is 0 Å². The van der Waals surface area contributed by atoms with Gasteiger partial charge in [-0.25, -0.2) is 0 Å². The van der Waals surface area contributed by atoms with E-state index < -0.39 is 0 Å². The van der Waals surface area contributed by atoms with E-state index in [1.54, 1.807) is 25.3 Å². The molecule has 0 aromatic heterocycles. The first-order chi connectivity index (χ1) is 9.74. The minimum Gasteiger partial charge on any atom is -0.178 e. The summed E-state index contributed by atoms with van der Waals surface area (Å²) in [6.07, 6.45) is 22.1. The molecule has 122 valence electrons. The molecule has 0 unspecified atom stereocenters. The summed E-state index contributed by atoms with van der Waals surface area (Å²) in [5.41, 5.74) is 0. The maximum atomic E-state index is 2.37. The van der Waals surface area contributed by atoms with Crippen LogP contribution in [0.15, 0.2) is 0 Å². The summed E-state index contributed by atoms with van der Waals surface area (Å²) in [6.45, 7) is 9.39. The van der Waals surface area contributed by atoms with Gasteiger partial charge >= 0.3 is 0 Å². The van der Waals surface area contributed by atoms with Crippen LogP contribution in [0.2, 0.25) is 25.3 Å². The van der Waals surface area contributed by atoms with Crippen LogP contribution in [-0.2, 0) is 0 Å². The van der Waals surface area contributed by atoms with Gasteiger partial charge in [0.25, 0.3) is 0 Å². The summed E-state index contributed by atoms with van der Waals surface area (Å²) < 4.78 is 0. The summed E-state index contributed by atoms with van der Waals surface area (Å²) >= 11 is 0. The van der Waals surface area contributed by atoms with Crippen LogP contribution in [0, 0.1) is 0 Å². The van der Waals surface area contributed by atoms with Gasteiger partial charge in [0.1, 0.15) is 0 Å². The van der Waals surface area contributed by atoms with Gasteiger partial charge in [0.15, 0.2) is 0 Å². The maximum absolute atomic E-state index is 2.37. The minimum atomic E-state index is -0.0306. The molecule has 0 saturated carbocycles. The van der Waals surface area contributed by atoms with Crippen molar-refractivity contribution >= 4 is 6.15 Å². The van der Waals surface area contributed by atoms with Crippen molar-refractivity contribution in [1.29, 1.82) is 0 Å².